The first kappa shape index (κ1) is 13.5. The molecule has 0 unspecified atom stereocenters. The first-order chi connectivity index (χ1) is 9.43. The Morgan fingerprint density at radius 2 is 2.15 bits per heavy atom. The second-order valence-corrected chi connectivity index (χ2v) is 4.37. The Bertz CT molecular complexity index is 649. The topological polar surface area (TPSA) is 133 Å². The fourth-order valence-electron chi connectivity index (χ4n) is 1.83. The number of amides is 1. The second-order valence-electron chi connectivity index (χ2n) is 4.37. The Balaban J connectivity index is 2.14. The normalized spacial score (nSPS) is 19.8. The number of rotatable bonds is 4. The molecule has 2 atom stereocenters. The van der Waals surface area contributed by atoms with Gasteiger partial charge in [0.1, 0.15) is 6.07 Å². The van der Waals surface area contributed by atoms with Crippen molar-refractivity contribution in [3.05, 3.63) is 33.9 Å². The van der Waals surface area contributed by atoms with E-state index in [-0.39, 0.29) is 23.4 Å². The maximum absolute atomic E-state index is 11.8. The lowest BCUT2D eigenvalue weighted by Gasteiger charge is -2.06. The fourth-order valence-corrected chi connectivity index (χ4v) is 1.83. The van der Waals surface area contributed by atoms with Crippen LogP contribution < -0.4 is 5.32 Å². The molecule has 1 amide bonds. The molecule has 0 radical (unpaired) electrons. The first-order valence-electron chi connectivity index (χ1n) is 5.66. The van der Waals surface area contributed by atoms with Crippen molar-refractivity contribution in [1.29, 1.82) is 5.26 Å². The molecule has 1 aromatic carbocycles. The van der Waals surface area contributed by atoms with Gasteiger partial charge in [0.2, 0.25) is 5.91 Å². The quantitative estimate of drug-likeness (QED) is 0.624. The predicted octanol–water partition coefficient (Wildman–Crippen LogP) is 1.13. The van der Waals surface area contributed by atoms with Crippen molar-refractivity contribution in [2.24, 2.45) is 11.8 Å². The Morgan fingerprint density at radius 1 is 1.45 bits per heavy atom. The van der Waals surface area contributed by atoms with Crippen LogP contribution in [0.3, 0.4) is 0 Å². The molecular formula is C12H9N3O5. The number of nitrogens with one attached hydrogen (secondary N) is 1. The van der Waals surface area contributed by atoms with Crippen molar-refractivity contribution < 1.29 is 19.6 Å². The van der Waals surface area contributed by atoms with Crippen molar-refractivity contribution >= 4 is 23.3 Å². The van der Waals surface area contributed by atoms with Crippen LogP contribution in [0.15, 0.2) is 18.2 Å². The van der Waals surface area contributed by atoms with E-state index >= 15 is 0 Å². The Hall–Kier alpha value is -2.95. The van der Waals surface area contributed by atoms with Crippen LogP contribution >= 0.6 is 0 Å². The number of anilines is 1. The smallest absolute Gasteiger partial charge is 0.307 e. The van der Waals surface area contributed by atoms with E-state index in [0.29, 0.717) is 0 Å². The zero-order valence-electron chi connectivity index (χ0n) is 10.1. The van der Waals surface area contributed by atoms with E-state index in [1.165, 1.54) is 6.07 Å². The van der Waals surface area contributed by atoms with Crippen LogP contribution in [-0.2, 0) is 9.59 Å². The lowest BCUT2D eigenvalue weighted by atomic mass is 10.1. The Labute approximate surface area is 112 Å². The highest BCUT2D eigenvalue weighted by Gasteiger charge is 2.48. The van der Waals surface area contributed by atoms with E-state index in [1.54, 1.807) is 6.07 Å². The van der Waals surface area contributed by atoms with E-state index in [0.717, 1.165) is 12.1 Å². The van der Waals surface area contributed by atoms with Gasteiger partial charge in [-0.3, -0.25) is 19.7 Å². The Kier molecular flexibility index (Phi) is 3.35. The maximum atomic E-state index is 11.8. The molecule has 0 aromatic heterocycles. The minimum absolute atomic E-state index is 0.0416. The maximum Gasteiger partial charge on any atom is 0.307 e. The summed E-state index contributed by atoms with van der Waals surface area (Å²) in [6, 6.07) is 5.23. The van der Waals surface area contributed by atoms with Crippen LogP contribution in [0.4, 0.5) is 11.4 Å². The van der Waals surface area contributed by atoms with Crippen molar-refractivity contribution in [3.63, 3.8) is 0 Å². The number of benzene rings is 1. The molecule has 0 heterocycles. The SMILES string of the molecule is N#Cc1cc([N+](=O)[O-])ccc1NC(=O)[C@@H]1C[C@@H]1C(=O)O. The summed E-state index contributed by atoms with van der Waals surface area (Å²) in [6.45, 7) is 0. The summed E-state index contributed by atoms with van der Waals surface area (Å²) in [5.74, 6) is -2.84. The van der Waals surface area contributed by atoms with Gasteiger partial charge in [-0.25, -0.2) is 0 Å². The summed E-state index contributed by atoms with van der Waals surface area (Å²) < 4.78 is 0. The molecule has 0 saturated heterocycles. The third-order valence-corrected chi connectivity index (χ3v) is 3.04. The zero-order valence-corrected chi connectivity index (χ0v) is 10.1. The summed E-state index contributed by atoms with van der Waals surface area (Å²) in [5, 5.41) is 30.7. The second kappa shape index (κ2) is 4.97. The van der Waals surface area contributed by atoms with Crippen LogP contribution in [0.1, 0.15) is 12.0 Å². The lowest BCUT2D eigenvalue weighted by molar-refractivity contribution is -0.384. The number of carbonyl (C=O) groups excluding carboxylic acids is 1. The fraction of sp³-hybridized carbons (Fsp3) is 0.250. The van der Waals surface area contributed by atoms with Crippen molar-refractivity contribution in [3.8, 4) is 6.07 Å². The molecule has 0 spiro atoms. The number of nitriles is 1. The molecule has 1 aliphatic rings. The number of non-ortho nitro benzene ring substituents is 1. The molecule has 0 bridgehead atoms. The van der Waals surface area contributed by atoms with Gasteiger partial charge in [0, 0.05) is 12.1 Å². The average Bonchev–Trinajstić information content (AvgIpc) is 3.19. The van der Waals surface area contributed by atoms with E-state index in [9.17, 15) is 19.7 Å². The summed E-state index contributed by atoms with van der Waals surface area (Å²) in [6.07, 6.45) is 0.260. The van der Waals surface area contributed by atoms with Gasteiger partial charge >= 0.3 is 5.97 Å². The van der Waals surface area contributed by atoms with Gasteiger partial charge < -0.3 is 10.4 Å². The number of carboxylic acid groups (broad SMARTS) is 1. The molecular weight excluding hydrogens is 266 g/mol. The highest BCUT2D eigenvalue weighted by atomic mass is 16.6. The molecule has 8 nitrogen and oxygen atoms in total. The molecule has 1 saturated carbocycles. The molecule has 2 N–H and O–H groups in total. The van der Waals surface area contributed by atoms with Gasteiger partial charge in [-0.05, 0) is 12.5 Å². The van der Waals surface area contributed by atoms with E-state index in [2.05, 4.69) is 5.32 Å². The van der Waals surface area contributed by atoms with Crippen LogP contribution in [0.2, 0.25) is 0 Å². The van der Waals surface area contributed by atoms with Gasteiger partial charge in [0.05, 0.1) is 28.0 Å². The predicted molar refractivity (Wildman–Crippen MR) is 65.7 cm³/mol. The third-order valence-electron chi connectivity index (χ3n) is 3.04. The number of hydrogen-bond acceptors (Lipinski definition) is 5. The summed E-state index contributed by atoms with van der Waals surface area (Å²) in [5.41, 5.74) is -0.159. The highest BCUT2D eigenvalue weighted by molar-refractivity contribution is 5.99. The molecule has 1 aliphatic carbocycles. The zero-order chi connectivity index (χ0) is 14.9. The molecule has 20 heavy (non-hydrogen) atoms. The average molecular weight is 275 g/mol. The van der Waals surface area contributed by atoms with Gasteiger partial charge in [0.15, 0.2) is 0 Å². The number of nitro groups is 1. The highest BCUT2D eigenvalue weighted by Crippen LogP contribution is 2.39. The van der Waals surface area contributed by atoms with Crippen LogP contribution in [0, 0.1) is 33.3 Å². The van der Waals surface area contributed by atoms with E-state index in [1.807, 2.05) is 0 Å². The number of nitro benzene ring substituents is 1. The molecule has 8 heteroatoms. The summed E-state index contributed by atoms with van der Waals surface area (Å²) >= 11 is 0. The summed E-state index contributed by atoms with van der Waals surface area (Å²) in [7, 11) is 0. The number of carboxylic acids is 1. The van der Waals surface area contributed by atoms with Crippen LogP contribution in [0.5, 0.6) is 0 Å². The largest absolute Gasteiger partial charge is 0.481 e. The number of nitrogens with zero attached hydrogens (tertiary/aromatic N) is 2. The van der Waals surface area contributed by atoms with Gasteiger partial charge in [-0.2, -0.15) is 5.26 Å². The lowest BCUT2D eigenvalue weighted by Crippen LogP contribution is -2.17. The summed E-state index contributed by atoms with van der Waals surface area (Å²) in [4.78, 5) is 32.4. The van der Waals surface area contributed by atoms with Gasteiger partial charge in [-0.15, -0.1) is 0 Å². The Morgan fingerprint density at radius 3 is 2.65 bits per heavy atom. The van der Waals surface area contributed by atoms with E-state index in [4.69, 9.17) is 10.4 Å². The number of aliphatic carboxylic acids is 1. The van der Waals surface area contributed by atoms with Crippen LogP contribution in [-0.4, -0.2) is 21.9 Å². The van der Waals surface area contributed by atoms with E-state index < -0.39 is 28.6 Å². The molecule has 2 rings (SSSR count). The third kappa shape index (κ3) is 2.56. The monoisotopic (exact) mass is 275 g/mol. The van der Waals surface area contributed by atoms with Crippen LogP contribution in [0.25, 0.3) is 0 Å². The van der Waals surface area contributed by atoms with Gasteiger partial charge in [-0.1, -0.05) is 0 Å². The number of hydrogen-bond donors (Lipinski definition) is 2. The first-order valence-corrected chi connectivity index (χ1v) is 5.66. The van der Waals surface area contributed by atoms with Crippen molar-refractivity contribution in [2.75, 3.05) is 5.32 Å². The minimum atomic E-state index is -1.03. The molecule has 102 valence electrons. The molecule has 1 fully saturated rings. The number of carbonyl (C=O) groups is 2. The van der Waals surface area contributed by atoms with Crippen molar-refractivity contribution in [1.82, 2.24) is 0 Å². The molecule has 1 aromatic rings. The minimum Gasteiger partial charge on any atom is -0.481 e. The standard InChI is InChI=1S/C12H9N3O5/c13-5-6-3-7(15(19)20)1-2-10(6)14-11(16)8-4-9(8)12(17)18/h1-3,8-9H,4H2,(H,14,16)(H,17,18)/t8-,9+/m1/s1. The molecule has 0 aliphatic heterocycles. The van der Waals surface area contributed by atoms with Crippen molar-refractivity contribution in [2.45, 2.75) is 6.42 Å². The van der Waals surface area contributed by atoms with Gasteiger partial charge in [0.25, 0.3) is 5.69 Å².